The number of aromatic nitrogens is 1. The molecule has 1 aliphatic heterocycles. The number of hydrogen-bond donors (Lipinski definition) is 3. The summed E-state index contributed by atoms with van der Waals surface area (Å²) in [7, 11) is 0. The molecule has 5 aromatic rings. The summed E-state index contributed by atoms with van der Waals surface area (Å²) in [6.07, 6.45) is 7.82. The number of hydrogen-bond acceptors (Lipinski definition) is 5. The van der Waals surface area contributed by atoms with E-state index in [9.17, 15) is 9.90 Å². The van der Waals surface area contributed by atoms with Gasteiger partial charge < -0.3 is 19.8 Å². The molecule has 3 heterocycles. The van der Waals surface area contributed by atoms with Crippen LogP contribution in [-0.2, 0) is 6.54 Å². The number of nitrogens with one attached hydrogen (secondary N) is 2. The molecule has 0 bridgehead atoms. The molecule has 7 nitrogen and oxygen atoms in total. The van der Waals surface area contributed by atoms with Crippen LogP contribution in [0, 0.1) is 0 Å². The first-order valence-electron chi connectivity index (χ1n) is 14.7. The molecule has 7 heteroatoms. The first-order valence-corrected chi connectivity index (χ1v) is 14.7. The third-order valence-corrected chi connectivity index (χ3v) is 8.02. The molecule has 1 saturated heterocycles. The number of likely N-dealkylation sites (tertiary alicyclic amines) is 1. The third kappa shape index (κ3) is 6.02. The summed E-state index contributed by atoms with van der Waals surface area (Å²) in [6.45, 7) is 5.29. The molecule has 42 heavy (non-hydrogen) atoms. The van der Waals surface area contributed by atoms with Crippen molar-refractivity contribution in [3.63, 3.8) is 0 Å². The van der Waals surface area contributed by atoms with Crippen molar-refractivity contribution < 1.29 is 14.3 Å². The fourth-order valence-corrected chi connectivity index (χ4v) is 5.75. The van der Waals surface area contributed by atoms with Gasteiger partial charge in [0.05, 0.1) is 35.5 Å². The molecular weight excluding hydrogens is 524 g/mol. The van der Waals surface area contributed by atoms with Crippen molar-refractivity contribution in [3.05, 3.63) is 119 Å². The number of rotatable bonds is 9. The van der Waals surface area contributed by atoms with E-state index in [4.69, 9.17) is 9.41 Å². The van der Waals surface area contributed by atoms with Crippen LogP contribution in [0.5, 0.6) is 5.88 Å². The van der Waals surface area contributed by atoms with Crippen LogP contribution < -0.4 is 5.32 Å². The Kier molecular flexibility index (Phi) is 8.19. The molecule has 1 atom stereocenters. The quantitative estimate of drug-likeness (QED) is 0.163. The standard InChI is InChI=1S/C35H36N4O3/c1-2-30(25-9-5-3-6-10-25)37-34(40)26-13-16-31-29(21-26)32(35(41)38-31)33(27-17-20-42-23-27)36-28-14-11-24(12-15-28)22-39-18-7-4-8-19-39/h3,5-6,9-17,20-21,23,30,38,41H,2,4,7-8,18-19,22H2,1H3,(H,37,40)/t30-/m1/s1. The summed E-state index contributed by atoms with van der Waals surface area (Å²) in [5, 5.41) is 15.0. The molecule has 0 radical (unpaired) electrons. The number of H-pyrrole nitrogens is 1. The van der Waals surface area contributed by atoms with Crippen LogP contribution in [0.2, 0.25) is 0 Å². The average Bonchev–Trinajstić information content (AvgIpc) is 3.68. The summed E-state index contributed by atoms with van der Waals surface area (Å²) in [4.78, 5) is 23.9. The van der Waals surface area contributed by atoms with Gasteiger partial charge in [0, 0.05) is 28.6 Å². The highest BCUT2D eigenvalue weighted by molar-refractivity contribution is 6.22. The summed E-state index contributed by atoms with van der Waals surface area (Å²) in [5.41, 5.74) is 6.11. The molecule has 1 amide bonds. The van der Waals surface area contributed by atoms with Crippen LogP contribution in [0.3, 0.4) is 0 Å². The van der Waals surface area contributed by atoms with Crippen molar-refractivity contribution >= 4 is 28.2 Å². The van der Waals surface area contributed by atoms with Crippen LogP contribution in [-0.4, -0.2) is 39.7 Å². The molecule has 6 rings (SSSR count). The van der Waals surface area contributed by atoms with E-state index in [-0.39, 0.29) is 17.8 Å². The predicted molar refractivity (Wildman–Crippen MR) is 166 cm³/mol. The third-order valence-electron chi connectivity index (χ3n) is 8.02. The van der Waals surface area contributed by atoms with Gasteiger partial charge in [-0.15, -0.1) is 0 Å². The lowest BCUT2D eigenvalue weighted by Crippen LogP contribution is -2.28. The number of furan rings is 1. The van der Waals surface area contributed by atoms with E-state index < -0.39 is 0 Å². The molecule has 0 saturated carbocycles. The molecule has 1 fully saturated rings. The zero-order valence-electron chi connectivity index (χ0n) is 23.8. The summed E-state index contributed by atoms with van der Waals surface area (Å²) in [6, 6.07) is 25.3. The maximum absolute atomic E-state index is 13.4. The van der Waals surface area contributed by atoms with E-state index in [0.29, 0.717) is 27.7 Å². The number of aliphatic imine (C=N–C) groups is 1. The van der Waals surface area contributed by atoms with Crippen molar-refractivity contribution in [1.82, 2.24) is 15.2 Å². The number of fused-ring (bicyclic) bond motifs is 1. The van der Waals surface area contributed by atoms with Gasteiger partial charge in [0.15, 0.2) is 5.88 Å². The van der Waals surface area contributed by atoms with E-state index in [2.05, 4.69) is 34.3 Å². The largest absolute Gasteiger partial charge is 0.494 e. The minimum absolute atomic E-state index is 0.0139. The van der Waals surface area contributed by atoms with Crippen LogP contribution in [0.15, 0.2) is 101 Å². The molecule has 3 aromatic carbocycles. The van der Waals surface area contributed by atoms with Gasteiger partial charge in [-0.2, -0.15) is 0 Å². The molecule has 0 aliphatic carbocycles. The number of nitrogens with zero attached hydrogens (tertiary/aromatic N) is 2. The maximum Gasteiger partial charge on any atom is 0.251 e. The highest BCUT2D eigenvalue weighted by atomic mass is 16.3. The Bertz CT molecular complexity index is 1670. The molecule has 214 valence electrons. The lowest BCUT2D eigenvalue weighted by atomic mass is 10.0. The van der Waals surface area contributed by atoms with Crippen molar-refractivity contribution in [1.29, 1.82) is 0 Å². The highest BCUT2D eigenvalue weighted by Crippen LogP contribution is 2.33. The Labute approximate surface area is 245 Å². The number of benzene rings is 3. The topological polar surface area (TPSA) is 93.9 Å². The number of aromatic amines is 1. The van der Waals surface area contributed by atoms with Gasteiger partial charge in [0.25, 0.3) is 5.91 Å². The number of amides is 1. The Hall–Kier alpha value is -4.62. The zero-order valence-corrected chi connectivity index (χ0v) is 23.8. The first-order chi connectivity index (χ1) is 20.6. The summed E-state index contributed by atoms with van der Waals surface area (Å²) < 4.78 is 5.40. The fourth-order valence-electron chi connectivity index (χ4n) is 5.75. The van der Waals surface area contributed by atoms with Gasteiger partial charge >= 0.3 is 0 Å². The molecule has 2 aromatic heterocycles. The number of carbonyl (C=O) groups is 1. The minimum atomic E-state index is -0.176. The smallest absolute Gasteiger partial charge is 0.251 e. The van der Waals surface area contributed by atoms with Crippen molar-refractivity contribution in [2.75, 3.05) is 13.1 Å². The Morgan fingerprint density at radius 2 is 1.79 bits per heavy atom. The van der Waals surface area contributed by atoms with E-state index in [1.807, 2.05) is 60.7 Å². The van der Waals surface area contributed by atoms with E-state index in [0.717, 1.165) is 42.9 Å². The maximum atomic E-state index is 13.4. The van der Waals surface area contributed by atoms with Crippen LogP contribution in [0.4, 0.5) is 5.69 Å². The second-order valence-corrected chi connectivity index (χ2v) is 10.9. The van der Waals surface area contributed by atoms with Gasteiger partial charge in [-0.3, -0.25) is 9.69 Å². The van der Waals surface area contributed by atoms with Gasteiger partial charge in [0.2, 0.25) is 0 Å². The molecular formula is C35H36N4O3. The molecule has 0 unspecified atom stereocenters. The molecule has 3 N–H and O–H groups in total. The monoisotopic (exact) mass is 560 g/mol. The lowest BCUT2D eigenvalue weighted by Gasteiger charge is -2.26. The molecule has 0 spiro atoms. The molecule has 1 aliphatic rings. The number of piperidine rings is 1. The van der Waals surface area contributed by atoms with Gasteiger partial charge in [-0.05, 0) is 79.9 Å². The van der Waals surface area contributed by atoms with Gasteiger partial charge in [0.1, 0.15) is 0 Å². The van der Waals surface area contributed by atoms with Crippen molar-refractivity contribution in [3.8, 4) is 5.88 Å². The van der Waals surface area contributed by atoms with E-state index in [1.165, 1.54) is 24.8 Å². The minimum Gasteiger partial charge on any atom is -0.494 e. The van der Waals surface area contributed by atoms with Crippen LogP contribution >= 0.6 is 0 Å². The van der Waals surface area contributed by atoms with Crippen LogP contribution in [0.25, 0.3) is 10.9 Å². The van der Waals surface area contributed by atoms with Gasteiger partial charge in [-0.1, -0.05) is 55.8 Å². The van der Waals surface area contributed by atoms with Crippen molar-refractivity contribution in [2.45, 2.75) is 45.2 Å². The first kappa shape index (κ1) is 27.5. The SMILES string of the molecule is CC[C@@H](NC(=O)c1ccc2[nH]c(O)c(C(=Nc3ccc(CN4CCCCC4)cc3)c3ccoc3)c2c1)c1ccccc1. The lowest BCUT2D eigenvalue weighted by molar-refractivity contribution is 0.0935. The number of aromatic hydroxyl groups is 1. The van der Waals surface area contributed by atoms with E-state index in [1.54, 1.807) is 18.6 Å². The zero-order chi connectivity index (χ0) is 28.9. The van der Waals surface area contributed by atoms with Crippen LogP contribution in [0.1, 0.15) is 71.3 Å². The fraction of sp³-hybridized carbons (Fsp3) is 0.257. The Morgan fingerprint density at radius 1 is 1.00 bits per heavy atom. The van der Waals surface area contributed by atoms with Gasteiger partial charge in [-0.25, -0.2) is 4.99 Å². The second kappa shape index (κ2) is 12.5. The highest BCUT2D eigenvalue weighted by Gasteiger charge is 2.22. The normalized spacial score (nSPS) is 15.1. The summed E-state index contributed by atoms with van der Waals surface area (Å²) in [5.74, 6) is -0.190. The number of carbonyl (C=O) groups excluding carboxylic acids is 1. The predicted octanol–water partition coefficient (Wildman–Crippen LogP) is 7.50. The Morgan fingerprint density at radius 3 is 2.50 bits per heavy atom. The summed E-state index contributed by atoms with van der Waals surface area (Å²) >= 11 is 0. The van der Waals surface area contributed by atoms with Crippen molar-refractivity contribution in [2.24, 2.45) is 4.99 Å². The average molecular weight is 561 g/mol. The second-order valence-electron chi connectivity index (χ2n) is 10.9. The Balaban J connectivity index is 1.32. The van der Waals surface area contributed by atoms with E-state index >= 15 is 0 Å².